The lowest BCUT2D eigenvalue weighted by Crippen LogP contribution is -2.30. The lowest BCUT2D eigenvalue weighted by atomic mass is 9.70. The van der Waals surface area contributed by atoms with Gasteiger partial charge in [-0.05, 0) is 84.9 Å². The fraction of sp³-hybridized carbons (Fsp3) is 0.481. The van der Waals surface area contributed by atoms with Gasteiger partial charge in [0, 0.05) is 5.41 Å². The van der Waals surface area contributed by atoms with Crippen LogP contribution in [-0.4, -0.2) is 36.1 Å². The second-order valence-corrected chi connectivity index (χ2v) is 12.1. The molecule has 0 amide bonds. The van der Waals surface area contributed by atoms with Gasteiger partial charge in [0.1, 0.15) is 5.75 Å². The zero-order chi connectivity index (χ0) is 26.8. The van der Waals surface area contributed by atoms with E-state index in [4.69, 9.17) is 0 Å². The second kappa shape index (κ2) is 10.8. The smallest absolute Gasteiger partial charge is 0.386 e. The van der Waals surface area contributed by atoms with Gasteiger partial charge in [-0.15, -0.1) is 0 Å². The summed E-state index contributed by atoms with van der Waals surface area (Å²) in [6, 6.07) is 10.8. The molecule has 0 atom stereocenters. The molecular formula is C27H33F3O4S2. The van der Waals surface area contributed by atoms with Crippen molar-refractivity contribution < 1.29 is 30.9 Å². The van der Waals surface area contributed by atoms with Gasteiger partial charge in [-0.25, -0.2) is 0 Å². The topological polar surface area (TPSA) is 63.6 Å². The Morgan fingerprint density at radius 3 is 2.06 bits per heavy atom. The van der Waals surface area contributed by atoms with Crippen LogP contribution >= 0.6 is 11.8 Å². The number of halogens is 3. The maximum atomic E-state index is 12.8. The summed E-state index contributed by atoms with van der Waals surface area (Å²) in [7, 11) is -5.74. The maximum absolute atomic E-state index is 12.8. The lowest BCUT2D eigenvalue weighted by molar-refractivity contribution is -0.0500. The Bertz CT molecular complexity index is 1210. The number of hydrogen-bond donors (Lipinski definition) is 1. The fourth-order valence-corrected chi connectivity index (χ4v) is 6.45. The van der Waals surface area contributed by atoms with Crippen molar-refractivity contribution in [1.29, 1.82) is 0 Å². The monoisotopic (exact) mass is 542 g/mol. The van der Waals surface area contributed by atoms with Crippen LogP contribution in [0.1, 0.15) is 67.3 Å². The molecule has 9 heteroatoms. The van der Waals surface area contributed by atoms with Crippen LogP contribution in [0.15, 0.2) is 42.5 Å². The quantitative estimate of drug-likeness (QED) is 0.290. The number of rotatable bonds is 8. The molecular weight excluding hydrogens is 509 g/mol. The van der Waals surface area contributed by atoms with Gasteiger partial charge in [-0.1, -0.05) is 56.3 Å². The maximum Gasteiger partial charge on any atom is 0.534 e. The molecule has 2 aromatic carbocycles. The number of hydrogen-bond acceptors (Lipinski definition) is 5. The highest BCUT2D eigenvalue weighted by Gasteiger charge is 2.48. The first-order valence-electron chi connectivity index (χ1n) is 12.0. The van der Waals surface area contributed by atoms with Gasteiger partial charge in [-0.2, -0.15) is 33.4 Å². The van der Waals surface area contributed by atoms with Crippen LogP contribution in [0.3, 0.4) is 0 Å². The SMILES string of the molecule is CCC(CC)(c1ccc(/C=C/C2(O)CCSCC2)c(C)c1)c1ccc(OS(=O)(=O)C(F)(F)F)c(C)c1. The van der Waals surface area contributed by atoms with Crippen LogP contribution in [0.2, 0.25) is 0 Å². The molecule has 4 nitrogen and oxygen atoms in total. The molecule has 1 N–H and O–H groups in total. The summed E-state index contributed by atoms with van der Waals surface area (Å²) in [6.45, 7) is 7.66. The van der Waals surface area contributed by atoms with Gasteiger partial charge in [0.05, 0.1) is 5.60 Å². The van der Waals surface area contributed by atoms with Crippen molar-refractivity contribution in [3.05, 3.63) is 70.3 Å². The molecule has 2 aromatic rings. The van der Waals surface area contributed by atoms with Gasteiger partial charge in [0.2, 0.25) is 0 Å². The van der Waals surface area contributed by atoms with Gasteiger partial charge in [0.25, 0.3) is 0 Å². The van der Waals surface area contributed by atoms with Gasteiger partial charge in [0.15, 0.2) is 0 Å². The van der Waals surface area contributed by atoms with Crippen molar-refractivity contribution in [1.82, 2.24) is 0 Å². The summed E-state index contributed by atoms with van der Waals surface area (Å²) >= 11 is 1.85. The Hall–Kier alpha value is -1.97. The summed E-state index contributed by atoms with van der Waals surface area (Å²) in [5, 5.41) is 10.8. The van der Waals surface area contributed by atoms with E-state index in [2.05, 4.69) is 24.1 Å². The molecule has 0 saturated carbocycles. The van der Waals surface area contributed by atoms with E-state index in [1.807, 2.05) is 43.0 Å². The number of benzene rings is 2. The van der Waals surface area contributed by atoms with Crippen molar-refractivity contribution in [2.75, 3.05) is 11.5 Å². The number of aliphatic hydroxyl groups is 1. The normalized spacial score (nSPS) is 16.9. The Morgan fingerprint density at radius 1 is 1.00 bits per heavy atom. The van der Waals surface area contributed by atoms with Crippen molar-refractivity contribution in [3.63, 3.8) is 0 Å². The highest BCUT2D eigenvalue weighted by atomic mass is 32.2. The van der Waals surface area contributed by atoms with E-state index in [-0.39, 0.29) is 5.75 Å². The third-order valence-electron chi connectivity index (χ3n) is 7.17. The average Bonchev–Trinajstić information content (AvgIpc) is 2.81. The van der Waals surface area contributed by atoms with Crippen molar-refractivity contribution in [2.24, 2.45) is 0 Å². The van der Waals surface area contributed by atoms with Crippen LogP contribution in [-0.2, 0) is 15.5 Å². The molecule has 198 valence electrons. The summed E-state index contributed by atoms with van der Waals surface area (Å²) in [4.78, 5) is 0. The molecule has 0 aromatic heterocycles. The van der Waals surface area contributed by atoms with E-state index < -0.39 is 26.6 Å². The van der Waals surface area contributed by atoms with E-state index in [0.717, 1.165) is 59.4 Å². The van der Waals surface area contributed by atoms with E-state index in [1.165, 1.54) is 13.0 Å². The summed E-state index contributed by atoms with van der Waals surface area (Å²) in [6.07, 6.45) is 6.82. The fourth-order valence-electron chi connectivity index (χ4n) is 4.74. The first-order chi connectivity index (χ1) is 16.8. The van der Waals surface area contributed by atoms with Crippen molar-refractivity contribution >= 4 is 28.0 Å². The first kappa shape index (κ1) is 28.6. The van der Waals surface area contributed by atoms with Crippen molar-refractivity contribution in [3.8, 4) is 5.75 Å². The van der Waals surface area contributed by atoms with Crippen LogP contribution in [0.25, 0.3) is 6.08 Å². The van der Waals surface area contributed by atoms with Crippen LogP contribution < -0.4 is 4.18 Å². The first-order valence-corrected chi connectivity index (χ1v) is 14.6. The molecule has 1 aliphatic rings. The Morgan fingerprint density at radius 2 is 1.56 bits per heavy atom. The molecule has 0 unspecified atom stereocenters. The average molecular weight is 543 g/mol. The Kier molecular flexibility index (Phi) is 8.57. The van der Waals surface area contributed by atoms with Crippen LogP contribution in [0.4, 0.5) is 13.2 Å². The largest absolute Gasteiger partial charge is 0.534 e. The Labute approximate surface area is 216 Å². The van der Waals surface area contributed by atoms with E-state index in [1.54, 1.807) is 12.1 Å². The standard InChI is InChI=1S/C27H33F3O4S2/c1-5-26(6-2,23-9-10-24(20(4)18-23)34-36(32,33)27(28,29)30)22-8-7-21(19(3)17-22)11-12-25(31)13-15-35-16-14-25/h7-12,17-18,31H,5-6,13-16H2,1-4H3/b12-11+. The van der Waals surface area contributed by atoms with Crippen LogP contribution in [0.5, 0.6) is 5.75 Å². The predicted molar refractivity (Wildman–Crippen MR) is 140 cm³/mol. The molecule has 1 saturated heterocycles. The highest BCUT2D eigenvalue weighted by molar-refractivity contribution is 7.99. The Balaban J connectivity index is 1.94. The number of aryl methyl sites for hydroxylation is 2. The molecule has 1 aliphatic heterocycles. The molecule has 0 spiro atoms. The van der Waals surface area contributed by atoms with Gasteiger partial charge in [-0.3, -0.25) is 0 Å². The number of thioether (sulfide) groups is 1. The minimum Gasteiger partial charge on any atom is -0.386 e. The molecule has 1 heterocycles. The molecule has 1 fully saturated rings. The molecule has 36 heavy (non-hydrogen) atoms. The zero-order valence-electron chi connectivity index (χ0n) is 21.0. The summed E-state index contributed by atoms with van der Waals surface area (Å²) in [5.74, 6) is 1.55. The molecule has 3 rings (SSSR count). The third-order valence-corrected chi connectivity index (χ3v) is 9.12. The molecule has 0 bridgehead atoms. The van der Waals surface area contributed by atoms with Crippen molar-refractivity contribution in [2.45, 2.75) is 69.9 Å². The van der Waals surface area contributed by atoms with E-state index in [9.17, 15) is 26.7 Å². The third kappa shape index (κ3) is 5.94. The summed E-state index contributed by atoms with van der Waals surface area (Å²) in [5.41, 5.74) is -2.37. The summed E-state index contributed by atoms with van der Waals surface area (Å²) < 4.78 is 65.6. The highest BCUT2D eigenvalue weighted by Crippen LogP contribution is 2.41. The van der Waals surface area contributed by atoms with Gasteiger partial charge >= 0.3 is 15.6 Å². The van der Waals surface area contributed by atoms with E-state index in [0.29, 0.717) is 5.56 Å². The minimum atomic E-state index is -5.74. The second-order valence-electron chi connectivity index (χ2n) is 9.37. The number of alkyl halides is 3. The van der Waals surface area contributed by atoms with Crippen LogP contribution in [0, 0.1) is 13.8 Å². The minimum absolute atomic E-state index is 0.307. The van der Waals surface area contributed by atoms with E-state index >= 15 is 0 Å². The van der Waals surface area contributed by atoms with Gasteiger partial charge < -0.3 is 9.29 Å². The molecule has 0 aliphatic carbocycles. The predicted octanol–water partition coefficient (Wildman–Crippen LogP) is 6.91. The molecule has 0 radical (unpaired) electrons. The lowest BCUT2D eigenvalue weighted by Gasteiger charge is -2.34. The zero-order valence-corrected chi connectivity index (χ0v) is 22.6.